The number of halogens is 2. The van der Waals surface area contributed by atoms with Crippen molar-refractivity contribution in [3.8, 4) is 0 Å². The lowest BCUT2D eigenvalue weighted by Crippen LogP contribution is -2.37. The standard InChI is InChI=1S/C18H16ClFN2O5/c1-11(17(23)21-9-8-12-2-4-13(20)5-3-12)27-18(24)15-7-6-14(22(25)26)10-16(15)19/h2-7,10-11H,8-9H2,1H3,(H,21,23)/t11-/m0/s1. The van der Waals surface area contributed by atoms with E-state index >= 15 is 0 Å². The highest BCUT2D eigenvalue weighted by molar-refractivity contribution is 6.33. The zero-order valence-electron chi connectivity index (χ0n) is 14.3. The van der Waals surface area contributed by atoms with Crippen molar-refractivity contribution in [1.29, 1.82) is 0 Å². The molecule has 0 aliphatic carbocycles. The van der Waals surface area contributed by atoms with Gasteiger partial charge in [-0.1, -0.05) is 23.7 Å². The van der Waals surface area contributed by atoms with E-state index < -0.39 is 22.9 Å². The summed E-state index contributed by atoms with van der Waals surface area (Å²) < 4.78 is 17.9. The lowest BCUT2D eigenvalue weighted by Gasteiger charge is -2.14. The Kier molecular flexibility index (Phi) is 6.84. The van der Waals surface area contributed by atoms with Gasteiger partial charge in [-0.05, 0) is 37.1 Å². The molecule has 0 fully saturated rings. The van der Waals surface area contributed by atoms with Crippen LogP contribution in [0.1, 0.15) is 22.8 Å². The molecule has 9 heteroatoms. The van der Waals surface area contributed by atoms with Crippen molar-refractivity contribution in [2.75, 3.05) is 6.54 Å². The van der Waals surface area contributed by atoms with E-state index in [0.717, 1.165) is 17.7 Å². The maximum Gasteiger partial charge on any atom is 0.340 e. The Bertz CT molecular complexity index is 857. The summed E-state index contributed by atoms with van der Waals surface area (Å²) in [5.41, 5.74) is 0.510. The zero-order chi connectivity index (χ0) is 20.0. The minimum absolute atomic E-state index is 0.0757. The van der Waals surface area contributed by atoms with Crippen LogP contribution in [-0.4, -0.2) is 29.4 Å². The fraction of sp³-hybridized carbons (Fsp3) is 0.222. The first-order valence-corrected chi connectivity index (χ1v) is 8.33. The van der Waals surface area contributed by atoms with Crippen molar-refractivity contribution >= 4 is 29.2 Å². The average molecular weight is 395 g/mol. The molecule has 27 heavy (non-hydrogen) atoms. The van der Waals surface area contributed by atoms with Crippen LogP contribution >= 0.6 is 11.6 Å². The number of benzene rings is 2. The van der Waals surface area contributed by atoms with Crippen molar-refractivity contribution in [2.45, 2.75) is 19.4 Å². The predicted octanol–water partition coefficient (Wildman–Crippen LogP) is 3.29. The molecule has 0 saturated heterocycles. The fourth-order valence-corrected chi connectivity index (χ4v) is 2.44. The number of ether oxygens (including phenoxy) is 1. The largest absolute Gasteiger partial charge is 0.449 e. The quantitative estimate of drug-likeness (QED) is 0.441. The number of carbonyl (C=O) groups excluding carboxylic acids is 2. The maximum atomic E-state index is 12.8. The molecule has 2 aromatic carbocycles. The van der Waals surface area contributed by atoms with E-state index in [1.165, 1.54) is 25.1 Å². The van der Waals surface area contributed by atoms with E-state index in [0.29, 0.717) is 6.42 Å². The van der Waals surface area contributed by atoms with Crippen LogP contribution in [-0.2, 0) is 16.0 Å². The number of amides is 1. The number of hydrogen-bond acceptors (Lipinski definition) is 5. The van der Waals surface area contributed by atoms with Crippen molar-refractivity contribution in [3.63, 3.8) is 0 Å². The molecular weight excluding hydrogens is 379 g/mol. The molecular formula is C18H16ClFN2O5. The van der Waals surface area contributed by atoms with Gasteiger partial charge in [-0.3, -0.25) is 14.9 Å². The molecule has 142 valence electrons. The van der Waals surface area contributed by atoms with Crippen LogP contribution in [0, 0.1) is 15.9 Å². The average Bonchev–Trinajstić information content (AvgIpc) is 2.62. The molecule has 0 unspecified atom stereocenters. The molecule has 0 aromatic heterocycles. The summed E-state index contributed by atoms with van der Waals surface area (Å²) in [6.07, 6.45) is -0.599. The first-order valence-electron chi connectivity index (χ1n) is 7.95. The second-order valence-corrected chi connectivity index (χ2v) is 6.04. The van der Waals surface area contributed by atoms with E-state index in [1.54, 1.807) is 12.1 Å². The first kappa shape index (κ1) is 20.3. The molecule has 0 aliphatic rings. The van der Waals surface area contributed by atoms with Crippen LogP contribution in [0.5, 0.6) is 0 Å². The van der Waals surface area contributed by atoms with Gasteiger partial charge in [0.05, 0.1) is 15.5 Å². The molecule has 1 amide bonds. The Balaban J connectivity index is 1.87. The van der Waals surface area contributed by atoms with Crippen LogP contribution in [0.4, 0.5) is 10.1 Å². The summed E-state index contributed by atoms with van der Waals surface area (Å²) in [4.78, 5) is 34.1. The summed E-state index contributed by atoms with van der Waals surface area (Å²) in [7, 11) is 0. The third-order valence-corrected chi connectivity index (χ3v) is 3.98. The Hall–Kier alpha value is -3.00. The van der Waals surface area contributed by atoms with Gasteiger partial charge in [0.25, 0.3) is 11.6 Å². The smallest absolute Gasteiger partial charge is 0.340 e. The molecule has 0 bridgehead atoms. The molecule has 0 radical (unpaired) electrons. The minimum atomic E-state index is -1.09. The van der Waals surface area contributed by atoms with E-state index in [-0.39, 0.29) is 28.6 Å². The number of esters is 1. The van der Waals surface area contributed by atoms with Crippen molar-refractivity contribution in [1.82, 2.24) is 5.32 Å². The molecule has 2 rings (SSSR count). The lowest BCUT2D eigenvalue weighted by molar-refractivity contribution is -0.384. The second-order valence-electron chi connectivity index (χ2n) is 5.64. The molecule has 0 saturated carbocycles. The maximum absolute atomic E-state index is 12.8. The highest BCUT2D eigenvalue weighted by Gasteiger charge is 2.21. The van der Waals surface area contributed by atoms with E-state index in [2.05, 4.69) is 5.32 Å². The number of carbonyl (C=O) groups is 2. The monoisotopic (exact) mass is 394 g/mol. The summed E-state index contributed by atoms with van der Waals surface area (Å²) >= 11 is 5.86. The van der Waals surface area contributed by atoms with Crippen molar-refractivity contribution in [2.24, 2.45) is 0 Å². The number of non-ortho nitro benzene ring substituents is 1. The molecule has 0 heterocycles. The SMILES string of the molecule is C[C@H](OC(=O)c1ccc([N+](=O)[O-])cc1Cl)C(=O)NCCc1ccc(F)cc1. The number of nitro benzene ring substituents is 1. The highest BCUT2D eigenvalue weighted by Crippen LogP contribution is 2.23. The Morgan fingerprint density at radius 2 is 1.93 bits per heavy atom. The summed E-state index contributed by atoms with van der Waals surface area (Å²) in [5.74, 6) is -1.71. The molecule has 0 spiro atoms. The van der Waals surface area contributed by atoms with Crippen LogP contribution in [0.25, 0.3) is 0 Å². The molecule has 1 atom stereocenters. The number of rotatable bonds is 7. The zero-order valence-corrected chi connectivity index (χ0v) is 15.0. The van der Waals surface area contributed by atoms with Crippen LogP contribution in [0.3, 0.4) is 0 Å². The third-order valence-electron chi connectivity index (χ3n) is 3.66. The lowest BCUT2D eigenvalue weighted by atomic mass is 10.1. The summed E-state index contributed by atoms with van der Waals surface area (Å²) in [6, 6.07) is 9.21. The number of hydrogen-bond donors (Lipinski definition) is 1. The van der Waals surface area contributed by atoms with Crippen molar-refractivity contribution < 1.29 is 23.6 Å². The van der Waals surface area contributed by atoms with E-state index in [9.17, 15) is 24.1 Å². The van der Waals surface area contributed by atoms with Gasteiger partial charge in [0.15, 0.2) is 6.10 Å². The molecule has 1 N–H and O–H groups in total. The molecule has 7 nitrogen and oxygen atoms in total. The van der Waals surface area contributed by atoms with Gasteiger partial charge < -0.3 is 10.1 Å². The van der Waals surface area contributed by atoms with Gasteiger partial charge >= 0.3 is 5.97 Å². The molecule has 0 aliphatic heterocycles. The van der Waals surface area contributed by atoms with Gasteiger partial charge in [-0.15, -0.1) is 0 Å². The predicted molar refractivity (Wildman–Crippen MR) is 96.1 cm³/mol. The van der Waals surface area contributed by atoms with Gasteiger partial charge in [0.1, 0.15) is 5.82 Å². The van der Waals surface area contributed by atoms with E-state index in [1.807, 2.05) is 0 Å². The Morgan fingerprint density at radius 3 is 2.52 bits per heavy atom. The van der Waals surface area contributed by atoms with Gasteiger partial charge in [0, 0.05) is 18.7 Å². The van der Waals surface area contributed by atoms with Gasteiger partial charge in [-0.2, -0.15) is 0 Å². The Labute approximate surface area is 159 Å². The fourth-order valence-electron chi connectivity index (χ4n) is 2.19. The second kappa shape index (κ2) is 9.09. The van der Waals surface area contributed by atoms with Gasteiger partial charge in [0.2, 0.25) is 0 Å². The van der Waals surface area contributed by atoms with Crippen molar-refractivity contribution in [3.05, 3.63) is 74.5 Å². The van der Waals surface area contributed by atoms with Crippen LogP contribution in [0.15, 0.2) is 42.5 Å². The summed E-state index contributed by atoms with van der Waals surface area (Å²) in [6.45, 7) is 1.68. The third kappa shape index (κ3) is 5.75. The number of nitrogens with zero attached hydrogens (tertiary/aromatic N) is 1. The summed E-state index contributed by atoms with van der Waals surface area (Å²) in [5, 5.41) is 13.1. The minimum Gasteiger partial charge on any atom is -0.449 e. The number of nitro groups is 1. The van der Waals surface area contributed by atoms with Crippen LogP contribution < -0.4 is 5.32 Å². The van der Waals surface area contributed by atoms with Gasteiger partial charge in [-0.25, -0.2) is 9.18 Å². The van der Waals surface area contributed by atoms with E-state index in [4.69, 9.17) is 16.3 Å². The first-order chi connectivity index (χ1) is 12.8. The highest BCUT2D eigenvalue weighted by atomic mass is 35.5. The number of nitrogens with one attached hydrogen (secondary N) is 1. The topological polar surface area (TPSA) is 98.5 Å². The molecule has 2 aromatic rings. The Morgan fingerprint density at radius 1 is 1.26 bits per heavy atom. The van der Waals surface area contributed by atoms with Crippen LogP contribution in [0.2, 0.25) is 5.02 Å². The normalized spacial score (nSPS) is 11.5.